The molecule has 2 nitrogen and oxygen atoms in total. The summed E-state index contributed by atoms with van der Waals surface area (Å²) in [7, 11) is 1.70. The van der Waals surface area contributed by atoms with E-state index in [-0.39, 0.29) is 5.78 Å². The van der Waals surface area contributed by atoms with Crippen molar-refractivity contribution in [3.8, 4) is 0 Å². The summed E-state index contributed by atoms with van der Waals surface area (Å²) >= 11 is 3.03. The van der Waals surface area contributed by atoms with E-state index >= 15 is 0 Å². The van der Waals surface area contributed by atoms with Gasteiger partial charge in [0.15, 0.2) is 5.78 Å². The van der Waals surface area contributed by atoms with Gasteiger partial charge in [-0.3, -0.25) is 4.79 Å². The van der Waals surface area contributed by atoms with Crippen molar-refractivity contribution in [1.29, 1.82) is 0 Å². The van der Waals surface area contributed by atoms with Crippen LogP contribution in [0.1, 0.15) is 6.92 Å². The third-order valence-corrected chi connectivity index (χ3v) is 1.22. The van der Waals surface area contributed by atoms with E-state index < -0.39 is 0 Å². The monoisotopic (exact) mass is 177 g/mol. The Kier molecular flexibility index (Phi) is 3.52. The molecular formula is C5H8BrNO. The van der Waals surface area contributed by atoms with Gasteiger partial charge in [-0.05, 0) is 0 Å². The fraction of sp³-hybridized carbons (Fsp3) is 0.400. The lowest BCUT2D eigenvalue weighted by molar-refractivity contribution is -0.113. The Balaban J connectivity index is 3.92. The number of halogens is 1. The second-order valence-corrected chi connectivity index (χ2v) is 1.79. The van der Waals surface area contributed by atoms with Gasteiger partial charge in [0.1, 0.15) is 0 Å². The van der Waals surface area contributed by atoms with Crippen molar-refractivity contribution in [2.24, 2.45) is 0 Å². The zero-order chi connectivity index (χ0) is 6.57. The Morgan fingerprint density at radius 1 is 1.75 bits per heavy atom. The molecule has 0 aromatic heterocycles. The van der Waals surface area contributed by atoms with Crippen molar-refractivity contribution >= 4 is 21.7 Å². The number of carbonyl (C=O) groups is 1. The maximum absolute atomic E-state index is 10.4. The normalized spacial score (nSPS) is 11.1. The molecule has 0 aromatic carbocycles. The van der Waals surface area contributed by atoms with Crippen LogP contribution in [0.25, 0.3) is 0 Å². The quantitative estimate of drug-likeness (QED) is 0.640. The van der Waals surface area contributed by atoms with Crippen molar-refractivity contribution in [2.75, 3.05) is 7.05 Å². The fourth-order valence-electron chi connectivity index (χ4n) is 0.307. The highest BCUT2D eigenvalue weighted by molar-refractivity contribution is 9.11. The second-order valence-electron chi connectivity index (χ2n) is 1.33. The molecule has 0 fully saturated rings. The summed E-state index contributed by atoms with van der Waals surface area (Å²) in [4.78, 5) is 12.0. The van der Waals surface area contributed by atoms with Crippen LogP contribution in [0.4, 0.5) is 0 Å². The Morgan fingerprint density at radius 3 is 2.25 bits per heavy atom. The molecule has 0 aromatic rings. The first-order valence-corrected chi connectivity index (χ1v) is 3.13. The van der Waals surface area contributed by atoms with Crippen LogP contribution in [0.5, 0.6) is 0 Å². The summed E-state index contributed by atoms with van der Waals surface area (Å²) in [5.74, 6) is 0.0318. The van der Waals surface area contributed by atoms with Crippen molar-refractivity contribution in [1.82, 2.24) is 5.32 Å². The first-order valence-electron chi connectivity index (χ1n) is 2.21. The molecule has 0 bridgehead atoms. The summed E-state index contributed by atoms with van der Waals surface area (Å²) in [6.45, 7) is 1.50. The van der Waals surface area contributed by atoms with Gasteiger partial charge in [0.05, 0.1) is 5.70 Å². The Bertz CT molecular complexity index is 120. The number of nitrogens with one attached hydrogen (secondary N) is 1. The molecule has 0 saturated carbocycles. The summed E-state index contributed by atoms with van der Waals surface area (Å²) in [6, 6.07) is 0. The van der Waals surface area contributed by atoms with E-state index in [0.717, 1.165) is 0 Å². The van der Waals surface area contributed by atoms with Crippen LogP contribution in [0.3, 0.4) is 0 Å². The lowest BCUT2D eigenvalue weighted by Gasteiger charge is -1.96. The number of hydrogen-bond donors (Lipinski definition) is 1. The van der Waals surface area contributed by atoms with Crippen molar-refractivity contribution < 1.29 is 4.79 Å². The van der Waals surface area contributed by atoms with Gasteiger partial charge < -0.3 is 5.32 Å². The van der Waals surface area contributed by atoms with Gasteiger partial charge in [-0.2, -0.15) is 0 Å². The van der Waals surface area contributed by atoms with Crippen LogP contribution in [0.15, 0.2) is 10.7 Å². The highest BCUT2D eigenvalue weighted by Gasteiger charge is 1.95. The van der Waals surface area contributed by atoms with Crippen molar-refractivity contribution in [3.05, 3.63) is 10.7 Å². The topological polar surface area (TPSA) is 29.1 Å². The van der Waals surface area contributed by atoms with E-state index in [1.807, 2.05) is 0 Å². The SMILES string of the molecule is CN/C(=C\Br)C(C)=O. The van der Waals surface area contributed by atoms with Crippen LogP contribution >= 0.6 is 15.9 Å². The smallest absolute Gasteiger partial charge is 0.176 e. The van der Waals surface area contributed by atoms with Gasteiger partial charge in [0, 0.05) is 19.0 Å². The highest BCUT2D eigenvalue weighted by atomic mass is 79.9. The fourth-order valence-corrected chi connectivity index (χ4v) is 0.859. The molecule has 0 aliphatic rings. The molecule has 0 saturated heterocycles. The first kappa shape index (κ1) is 7.69. The molecule has 0 rings (SSSR count). The van der Waals surface area contributed by atoms with E-state index in [4.69, 9.17) is 0 Å². The highest BCUT2D eigenvalue weighted by Crippen LogP contribution is 1.93. The van der Waals surface area contributed by atoms with Gasteiger partial charge in [-0.25, -0.2) is 0 Å². The Morgan fingerprint density at radius 2 is 2.25 bits per heavy atom. The number of rotatable bonds is 2. The molecule has 1 N–H and O–H groups in total. The third kappa shape index (κ3) is 2.12. The summed E-state index contributed by atoms with van der Waals surface area (Å²) in [6.07, 6.45) is 0. The van der Waals surface area contributed by atoms with Crippen LogP contribution < -0.4 is 5.32 Å². The second kappa shape index (κ2) is 3.66. The molecular weight excluding hydrogens is 170 g/mol. The number of allylic oxidation sites excluding steroid dienone is 1. The van der Waals surface area contributed by atoms with Crippen molar-refractivity contribution in [2.45, 2.75) is 6.92 Å². The molecule has 0 spiro atoms. The predicted molar refractivity (Wildman–Crippen MR) is 36.8 cm³/mol. The molecule has 46 valence electrons. The van der Waals surface area contributed by atoms with Gasteiger partial charge >= 0.3 is 0 Å². The van der Waals surface area contributed by atoms with E-state index in [0.29, 0.717) is 5.70 Å². The largest absolute Gasteiger partial charge is 0.385 e. The molecule has 0 amide bonds. The number of Topliss-reactive ketones (excluding diaryl/α,β-unsaturated/α-hetero) is 1. The lowest BCUT2D eigenvalue weighted by atomic mass is 10.4. The molecule has 0 radical (unpaired) electrons. The van der Waals surface area contributed by atoms with Crippen LogP contribution in [-0.2, 0) is 4.79 Å². The average molecular weight is 178 g/mol. The molecule has 0 heterocycles. The Hall–Kier alpha value is -0.310. The van der Waals surface area contributed by atoms with Crippen LogP contribution in [0, 0.1) is 0 Å². The molecule has 0 unspecified atom stereocenters. The van der Waals surface area contributed by atoms with E-state index in [1.54, 1.807) is 12.0 Å². The standard InChI is InChI=1S/C5H8BrNO/c1-4(8)5(3-6)7-2/h3,7H,1-2H3/b5-3-. The number of ketones is 1. The van der Waals surface area contributed by atoms with E-state index in [2.05, 4.69) is 21.2 Å². The molecule has 3 heteroatoms. The number of likely N-dealkylation sites (N-methyl/N-ethyl adjacent to an activating group) is 1. The van der Waals surface area contributed by atoms with Crippen molar-refractivity contribution in [3.63, 3.8) is 0 Å². The van der Waals surface area contributed by atoms with E-state index in [9.17, 15) is 4.79 Å². The molecule has 0 atom stereocenters. The van der Waals surface area contributed by atoms with Gasteiger partial charge in [-0.1, -0.05) is 15.9 Å². The summed E-state index contributed by atoms with van der Waals surface area (Å²) in [5.41, 5.74) is 0.588. The summed E-state index contributed by atoms with van der Waals surface area (Å²) in [5, 5.41) is 2.72. The predicted octanol–water partition coefficient (Wildman–Crippen LogP) is 1.03. The number of carbonyl (C=O) groups excluding carboxylic acids is 1. The lowest BCUT2D eigenvalue weighted by Crippen LogP contribution is -2.11. The Labute approximate surface area is 57.1 Å². The van der Waals surface area contributed by atoms with Crippen LogP contribution in [-0.4, -0.2) is 12.8 Å². The van der Waals surface area contributed by atoms with Crippen LogP contribution in [0.2, 0.25) is 0 Å². The maximum atomic E-state index is 10.4. The molecule has 0 aliphatic carbocycles. The maximum Gasteiger partial charge on any atom is 0.176 e. The van der Waals surface area contributed by atoms with Gasteiger partial charge in [0.25, 0.3) is 0 Å². The minimum absolute atomic E-state index is 0.0318. The van der Waals surface area contributed by atoms with Gasteiger partial charge in [0.2, 0.25) is 0 Å². The first-order chi connectivity index (χ1) is 3.72. The van der Waals surface area contributed by atoms with E-state index in [1.165, 1.54) is 6.92 Å². The molecule has 8 heavy (non-hydrogen) atoms. The van der Waals surface area contributed by atoms with Gasteiger partial charge in [-0.15, -0.1) is 0 Å². The average Bonchev–Trinajstić information content (AvgIpc) is 1.69. The minimum Gasteiger partial charge on any atom is -0.385 e. The summed E-state index contributed by atoms with van der Waals surface area (Å²) < 4.78 is 0. The number of hydrogen-bond acceptors (Lipinski definition) is 2. The minimum atomic E-state index is 0.0318. The zero-order valence-electron chi connectivity index (χ0n) is 4.86. The zero-order valence-corrected chi connectivity index (χ0v) is 6.45. The third-order valence-electron chi connectivity index (χ3n) is 0.758. The molecule has 0 aliphatic heterocycles.